The van der Waals surface area contributed by atoms with Crippen molar-refractivity contribution in [3.05, 3.63) is 0 Å². The fourth-order valence-electron chi connectivity index (χ4n) is 2.93. The third-order valence-electron chi connectivity index (χ3n) is 3.99. The Morgan fingerprint density at radius 1 is 0.750 bits per heavy atom. The molecule has 2 heteroatoms. The fourth-order valence-corrected chi connectivity index (χ4v) is 2.93. The van der Waals surface area contributed by atoms with Crippen LogP contribution in [0.5, 0.6) is 0 Å². The standard InChI is InChI=1S/C14H30N.ClH/c1-3-5-8-12-15(11-6-4-2)13-9-7-10-14-15;/h3-14H2,1-2H3;1H/q+1;/p-1. The molecule has 98 valence electrons. The van der Waals surface area contributed by atoms with Gasteiger partial charge in [-0.05, 0) is 38.5 Å². The summed E-state index contributed by atoms with van der Waals surface area (Å²) in [6, 6.07) is 0. The van der Waals surface area contributed by atoms with Gasteiger partial charge in [-0.1, -0.05) is 26.7 Å². The molecule has 0 radical (unpaired) electrons. The molecule has 0 saturated carbocycles. The quantitative estimate of drug-likeness (QED) is 0.465. The summed E-state index contributed by atoms with van der Waals surface area (Å²) in [5.41, 5.74) is 0. The molecule has 0 aromatic heterocycles. The molecule has 1 heterocycles. The van der Waals surface area contributed by atoms with Crippen LogP contribution in [0.4, 0.5) is 0 Å². The minimum absolute atomic E-state index is 0. The summed E-state index contributed by atoms with van der Waals surface area (Å²) in [6.07, 6.45) is 11.5. The van der Waals surface area contributed by atoms with Crippen molar-refractivity contribution in [2.75, 3.05) is 26.2 Å². The van der Waals surface area contributed by atoms with Crippen LogP contribution < -0.4 is 12.4 Å². The minimum atomic E-state index is 0. The predicted molar refractivity (Wildman–Crippen MR) is 68.0 cm³/mol. The number of likely N-dealkylation sites (tertiary alicyclic amines) is 1. The summed E-state index contributed by atoms with van der Waals surface area (Å²) in [5, 5.41) is 0. The van der Waals surface area contributed by atoms with Crippen LogP contribution in [0, 0.1) is 0 Å². The van der Waals surface area contributed by atoms with Crippen molar-refractivity contribution in [3.8, 4) is 0 Å². The Labute approximate surface area is 109 Å². The molecular weight excluding hydrogens is 218 g/mol. The average Bonchev–Trinajstić information content (AvgIpc) is 2.28. The molecule has 0 aliphatic carbocycles. The van der Waals surface area contributed by atoms with Gasteiger partial charge in [-0.3, -0.25) is 0 Å². The van der Waals surface area contributed by atoms with Crippen molar-refractivity contribution in [1.82, 2.24) is 0 Å². The number of piperidine rings is 1. The fraction of sp³-hybridized carbons (Fsp3) is 1.00. The highest BCUT2D eigenvalue weighted by Gasteiger charge is 2.28. The van der Waals surface area contributed by atoms with E-state index in [1.165, 1.54) is 82.0 Å². The Hall–Kier alpha value is 0.250. The molecule has 0 aromatic rings. The molecule has 1 aliphatic heterocycles. The van der Waals surface area contributed by atoms with Gasteiger partial charge in [0.15, 0.2) is 0 Å². The van der Waals surface area contributed by atoms with E-state index in [1.54, 1.807) is 0 Å². The number of nitrogens with zero attached hydrogens (tertiary/aromatic N) is 1. The first-order valence-electron chi connectivity index (χ1n) is 7.18. The number of halogens is 1. The van der Waals surface area contributed by atoms with E-state index in [4.69, 9.17) is 0 Å². The van der Waals surface area contributed by atoms with E-state index in [0.717, 1.165) is 0 Å². The second-order valence-corrected chi connectivity index (χ2v) is 5.36. The minimum Gasteiger partial charge on any atom is -1.00 e. The van der Waals surface area contributed by atoms with Crippen molar-refractivity contribution in [2.45, 2.75) is 65.2 Å². The van der Waals surface area contributed by atoms with Crippen molar-refractivity contribution >= 4 is 0 Å². The lowest BCUT2D eigenvalue weighted by atomic mass is 10.0. The molecule has 1 aliphatic rings. The maximum Gasteiger partial charge on any atom is 0.0786 e. The zero-order valence-corrected chi connectivity index (χ0v) is 12.1. The highest BCUT2D eigenvalue weighted by molar-refractivity contribution is 4.55. The van der Waals surface area contributed by atoms with Crippen molar-refractivity contribution < 1.29 is 16.9 Å². The van der Waals surface area contributed by atoms with Gasteiger partial charge in [0.25, 0.3) is 0 Å². The maximum atomic E-state index is 2.33. The molecule has 16 heavy (non-hydrogen) atoms. The average molecular weight is 248 g/mol. The monoisotopic (exact) mass is 247 g/mol. The second kappa shape index (κ2) is 9.30. The lowest BCUT2D eigenvalue weighted by Gasteiger charge is -2.42. The molecule has 0 atom stereocenters. The van der Waals surface area contributed by atoms with E-state index in [2.05, 4.69) is 13.8 Å². The summed E-state index contributed by atoms with van der Waals surface area (Å²) >= 11 is 0. The summed E-state index contributed by atoms with van der Waals surface area (Å²) in [4.78, 5) is 0. The van der Waals surface area contributed by atoms with Crippen LogP contribution in [0.15, 0.2) is 0 Å². The normalized spacial score (nSPS) is 19.1. The lowest BCUT2D eigenvalue weighted by molar-refractivity contribution is -0.932. The summed E-state index contributed by atoms with van der Waals surface area (Å²) in [7, 11) is 0. The molecule has 1 saturated heterocycles. The molecule has 0 amide bonds. The van der Waals surface area contributed by atoms with Crippen LogP contribution in [0.1, 0.15) is 65.2 Å². The lowest BCUT2D eigenvalue weighted by Crippen LogP contribution is -3.00. The van der Waals surface area contributed by atoms with Gasteiger partial charge in [0.2, 0.25) is 0 Å². The van der Waals surface area contributed by atoms with Crippen LogP contribution in [0.25, 0.3) is 0 Å². The first kappa shape index (κ1) is 16.2. The van der Waals surface area contributed by atoms with Crippen molar-refractivity contribution in [1.29, 1.82) is 0 Å². The smallest absolute Gasteiger partial charge is 0.0786 e. The van der Waals surface area contributed by atoms with E-state index < -0.39 is 0 Å². The van der Waals surface area contributed by atoms with Crippen LogP contribution >= 0.6 is 0 Å². The van der Waals surface area contributed by atoms with E-state index >= 15 is 0 Å². The molecule has 0 N–H and O–H groups in total. The second-order valence-electron chi connectivity index (χ2n) is 5.36. The molecule has 1 fully saturated rings. The number of rotatable bonds is 7. The number of hydrogen-bond donors (Lipinski definition) is 0. The third-order valence-corrected chi connectivity index (χ3v) is 3.99. The Morgan fingerprint density at radius 2 is 1.31 bits per heavy atom. The molecule has 1 rings (SSSR count). The van der Waals surface area contributed by atoms with Gasteiger partial charge >= 0.3 is 0 Å². The molecule has 0 aromatic carbocycles. The largest absolute Gasteiger partial charge is 1.00 e. The summed E-state index contributed by atoms with van der Waals surface area (Å²) in [6.45, 7) is 10.5. The Kier molecular flexibility index (Phi) is 9.44. The number of hydrogen-bond acceptors (Lipinski definition) is 0. The molecule has 0 spiro atoms. The third kappa shape index (κ3) is 5.54. The number of quaternary nitrogens is 1. The molecule has 1 nitrogen and oxygen atoms in total. The molecule has 0 unspecified atom stereocenters. The van der Waals surface area contributed by atoms with Gasteiger partial charge in [-0.2, -0.15) is 0 Å². The predicted octanol–water partition coefficient (Wildman–Crippen LogP) is 0.981. The summed E-state index contributed by atoms with van der Waals surface area (Å²) in [5.74, 6) is 0. The van der Waals surface area contributed by atoms with Crippen molar-refractivity contribution in [2.24, 2.45) is 0 Å². The van der Waals surface area contributed by atoms with E-state index in [1.807, 2.05) is 0 Å². The SMILES string of the molecule is CCCCC[N+]1(CCCC)CCCCC1.[Cl-]. The van der Waals surface area contributed by atoms with Gasteiger partial charge in [0, 0.05) is 0 Å². The van der Waals surface area contributed by atoms with Crippen LogP contribution in [-0.2, 0) is 0 Å². The highest BCUT2D eigenvalue weighted by Crippen LogP contribution is 2.21. The zero-order valence-electron chi connectivity index (χ0n) is 11.3. The van der Waals surface area contributed by atoms with Gasteiger partial charge in [0.05, 0.1) is 26.2 Å². The van der Waals surface area contributed by atoms with Gasteiger partial charge in [-0.15, -0.1) is 0 Å². The van der Waals surface area contributed by atoms with E-state index in [-0.39, 0.29) is 12.4 Å². The first-order valence-corrected chi connectivity index (χ1v) is 7.18. The van der Waals surface area contributed by atoms with Crippen LogP contribution in [0.2, 0.25) is 0 Å². The van der Waals surface area contributed by atoms with E-state index in [0.29, 0.717) is 0 Å². The van der Waals surface area contributed by atoms with Crippen LogP contribution in [-0.4, -0.2) is 30.7 Å². The highest BCUT2D eigenvalue weighted by atomic mass is 35.5. The molecular formula is C14H30ClN. The van der Waals surface area contributed by atoms with Crippen LogP contribution in [0.3, 0.4) is 0 Å². The first-order chi connectivity index (χ1) is 7.33. The van der Waals surface area contributed by atoms with Gasteiger partial charge < -0.3 is 16.9 Å². The Bertz CT molecular complexity index is 153. The van der Waals surface area contributed by atoms with Crippen molar-refractivity contribution in [3.63, 3.8) is 0 Å². The molecule has 0 bridgehead atoms. The zero-order chi connectivity index (χ0) is 11.0. The van der Waals surface area contributed by atoms with Gasteiger partial charge in [-0.25, -0.2) is 0 Å². The topological polar surface area (TPSA) is 0 Å². The number of unbranched alkanes of at least 4 members (excludes halogenated alkanes) is 3. The Morgan fingerprint density at radius 3 is 1.88 bits per heavy atom. The summed E-state index contributed by atoms with van der Waals surface area (Å²) < 4.78 is 1.47. The maximum absolute atomic E-state index is 2.33. The Balaban J connectivity index is 0.00000225. The van der Waals surface area contributed by atoms with E-state index in [9.17, 15) is 0 Å². The van der Waals surface area contributed by atoms with Gasteiger partial charge in [0.1, 0.15) is 0 Å².